The lowest BCUT2D eigenvalue weighted by molar-refractivity contribution is -0.106. The van der Waals surface area contributed by atoms with E-state index >= 15 is 0 Å². The van der Waals surface area contributed by atoms with Gasteiger partial charge in [0, 0.05) is 0 Å². The summed E-state index contributed by atoms with van der Waals surface area (Å²) in [5.41, 5.74) is 1.64. The van der Waals surface area contributed by atoms with Crippen LogP contribution in [0, 0.1) is 34.5 Å². The molecular formula is C34H62. The fourth-order valence-corrected chi connectivity index (χ4v) is 9.57. The first kappa shape index (κ1) is 27.0. The van der Waals surface area contributed by atoms with Crippen LogP contribution >= 0.6 is 0 Å². The monoisotopic (exact) mass is 470 g/mol. The lowest BCUT2D eigenvalue weighted by Gasteiger charge is -2.62. The van der Waals surface area contributed by atoms with Crippen molar-refractivity contribution in [1.29, 1.82) is 0 Å². The molecule has 4 aliphatic carbocycles. The first-order valence-electron chi connectivity index (χ1n) is 16.7. The lowest BCUT2D eigenvalue weighted by Crippen LogP contribution is -2.50. The van der Waals surface area contributed by atoms with Gasteiger partial charge in [-0.2, -0.15) is 0 Å². The quantitative estimate of drug-likeness (QED) is 0.235. The number of hydrogen-bond acceptors (Lipinski definition) is 0. The summed E-state index contributed by atoms with van der Waals surface area (Å²) in [4.78, 5) is 0. The molecule has 0 aromatic carbocycles. The molecule has 0 amide bonds. The second kappa shape index (κ2) is 13.5. The number of hydrogen-bond donors (Lipinski definition) is 0. The Morgan fingerprint density at radius 2 is 0.853 bits per heavy atom. The van der Waals surface area contributed by atoms with E-state index in [-0.39, 0.29) is 0 Å². The average Bonchev–Trinajstić information content (AvgIpc) is 2.85. The van der Waals surface area contributed by atoms with Gasteiger partial charge in [-0.25, -0.2) is 0 Å². The standard InChI is InChI=1S/C34H62/c1-3-5-7-9-11-13-29-15-17-31(18-16-29)32-21-25-34(26-22-32)27-33(28-34)23-19-30(20-24-33)14-12-10-8-6-4-2/h29-32H,3-28H2,1-2H3. The molecule has 0 nitrogen and oxygen atoms in total. The van der Waals surface area contributed by atoms with Crippen LogP contribution in [0.2, 0.25) is 0 Å². The molecule has 4 aliphatic rings. The van der Waals surface area contributed by atoms with Crippen molar-refractivity contribution in [2.24, 2.45) is 34.5 Å². The predicted octanol–water partition coefficient (Wildman–Crippen LogP) is 11.7. The normalized spacial score (nSPS) is 38.3. The van der Waals surface area contributed by atoms with Crippen LogP contribution in [0.5, 0.6) is 0 Å². The minimum atomic E-state index is 0.819. The van der Waals surface area contributed by atoms with E-state index in [0.717, 1.165) is 34.5 Å². The van der Waals surface area contributed by atoms with Gasteiger partial charge in [0.05, 0.1) is 0 Å². The smallest absolute Gasteiger partial charge is 0.0287 e. The molecule has 198 valence electrons. The number of rotatable bonds is 13. The van der Waals surface area contributed by atoms with E-state index in [4.69, 9.17) is 0 Å². The van der Waals surface area contributed by atoms with E-state index in [9.17, 15) is 0 Å². The minimum absolute atomic E-state index is 0.819. The van der Waals surface area contributed by atoms with Crippen LogP contribution < -0.4 is 0 Å². The van der Waals surface area contributed by atoms with Crippen LogP contribution in [-0.4, -0.2) is 0 Å². The Labute approximate surface area is 215 Å². The fourth-order valence-electron chi connectivity index (χ4n) is 9.57. The zero-order valence-corrected chi connectivity index (χ0v) is 23.7. The summed E-state index contributed by atoms with van der Waals surface area (Å²) in [5, 5.41) is 0. The van der Waals surface area contributed by atoms with Crippen LogP contribution in [0.4, 0.5) is 0 Å². The lowest BCUT2D eigenvalue weighted by atomic mass is 9.43. The SMILES string of the molecule is CCCCCCCC1CCC(C2CCC3(CC2)CC2(CCC(CCCCCCC)CC2)C3)CC1. The van der Waals surface area contributed by atoms with E-state index in [0.29, 0.717) is 0 Å². The van der Waals surface area contributed by atoms with Gasteiger partial charge in [-0.3, -0.25) is 0 Å². The molecule has 0 heterocycles. The molecule has 0 atom stereocenters. The molecule has 0 heteroatoms. The van der Waals surface area contributed by atoms with Gasteiger partial charge in [-0.05, 0) is 112 Å². The summed E-state index contributed by atoms with van der Waals surface area (Å²) in [6, 6.07) is 0. The zero-order valence-electron chi connectivity index (χ0n) is 23.7. The molecule has 0 saturated heterocycles. The second-order valence-corrected chi connectivity index (χ2v) is 14.3. The van der Waals surface area contributed by atoms with Gasteiger partial charge < -0.3 is 0 Å². The van der Waals surface area contributed by atoms with E-state index in [2.05, 4.69) is 13.8 Å². The first-order chi connectivity index (χ1) is 16.7. The molecule has 0 radical (unpaired) electrons. The maximum Gasteiger partial charge on any atom is -0.0287 e. The highest BCUT2D eigenvalue weighted by Gasteiger charge is 2.55. The largest absolute Gasteiger partial charge is 0.0654 e. The summed E-state index contributed by atoms with van der Waals surface area (Å²) < 4.78 is 0. The Hall–Kier alpha value is 0. The molecule has 4 fully saturated rings. The van der Waals surface area contributed by atoms with E-state index in [1.165, 1.54) is 64.2 Å². The maximum atomic E-state index is 2.33. The highest BCUT2D eigenvalue weighted by molar-refractivity contribution is 5.06. The highest BCUT2D eigenvalue weighted by Crippen LogP contribution is 2.67. The Bertz CT molecular complexity index is 526. The van der Waals surface area contributed by atoms with Gasteiger partial charge in [0.2, 0.25) is 0 Å². The predicted molar refractivity (Wildman–Crippen MR) is 150 cm³/mol. The van der Waals surface area contributed by atoms with Crippen molar-refractivity contribution in [1.82, 2.24) is 0 Å². The van der Waals surface area contributed by atoms with E-state index < -0.39 is 0 Å². The summed E-state index contributed by atoms with van der Waals surface area (Å²) in [7, 11) is 0. The molecule has 0 aromatic heterocycles. The third kappa shape index (κ3) is 7.51. The van der Waals surface area contributed by atoms with Crippen molar-refractivity contribution in [3.63, 3.8) is 0 Å². The molecule has 4 rings (SSSR count). The van der Waals surface area contributed by atoms with Crippen molar-refractivity contribution in [3.8, 4) is 0 Å². The van der Waals surface area contributed by atoms with Gasteiger partial charge >= 0.3 is 0 Å². The molecule has 0 N–H and O–H groups in total. The third-order valence-corrected chi connectivity index (χ3v) is 11.7. The Morgan fingerprint density at radius 3 is 1.35 bits per heavy atom. The Kier molecular flexibility index (Phi) is 10.8. The summed E-state index contributed by atoms with van der Waals surface area (Å²) in [5.74, 6) is 4.39. The molecule has 0 aromatic rings. The summed E-state index contributed by atoms with van der Waals surface area (Å²) in [6.45, 7) is 4.67. The molecular weight excluding hydrogens is 408 g/mol. The van der Waals surface area contributed by atoms with Crippen molar-refractivity contribution >= 4 is 0 Å². The van der Waals surface area contributed by atoms with Gasteiger partial charge in [-0.1, -0.05) is 104 Å². The van der Waals surface area contributed by atoms with Gasteiger partial charge in [0.25, 0.3) is 0 Å². The van der Waals surface area contributed by atoms with Crippen LogP contribution in [0.15, 0.2) is 0 Å². The minimum Gasteiger partial charge on any atom is -0.0654 e. The molecule has 34 heavy (non-hydrogen) atoms. The Balaban J connectivity index is 1.07. The first-order valence-corrected chi connectivity index (χ1v) is 16.7. The number of unbranched alkanes of at least 4 members (excludes halogenated alkanes) is 8. The van der Waals surface area contributed by atoms with Crippen molar-refractivity contribution < 1.29 is 0 Å². The highest BCUT2D eigenvalue weighted by atomic mass is 14.6. The summed E-state index contributed by atoms with van der Waals surface area (Å²) >= 11 is 0. The average molecular weight is 471 g/mol. The third-order valence-electron chi connectivity index (χ3n) is 11.7. The maximum absolute atomic E-state index is 2.33. The topological polar surface area (TPSA) is 0 Å². The van der Waals surface area contributed by atoms with Gasteiger partial charge in [-0.15, -0.1) is 0 Å². The van der Waals surface area contributed by atoms with Crippen LogP contribution in [-0.2, 0) is 0 Å². The van der Waals surface area contributed by atoms with Crippen molar-refractivity contribution in [2.45, 2.75) is 181 Å². The van der Waals surface area contributed by atoms with E-state index in [1.54, 1.807) is 103 Å². The summed E-state index contributed by atoms with van der Waals surface area (Å²) in [6.07, 6.45) is 40.1. The van der Waals surface area contributed by atoms with Crippen molar-refractivity contribution in [3.05, 3.63) is 0 Å². The van der Waals surface area contributed by atoms with E-state index in [1.807, 2.05) is 0 Å². The van der Waals surface area contributed by atoms with Crippen LogP contribution in [0.1, 0.15) is 181 Å². The van der Waals surface area contributed by atoms with Crippen LogP contribution in [0.3, 0.4) is 0 Å². The molecule has 2 spiro atoms. The van der Waals surface area contributed by atoms with Gasteiger partial charge in [0.15, 0.2) is 0 Å². The second-order valence-electron chi connectivity index (χ2n) is 14.3. The van der Waals surface area contributed by atoms with Gasteiger partial charge in [0.1, 0.15) is 0 Å². The zero-order chi connectivity index (χ0) is 23.7. The molecule has 0 bridgehead atoms. The van der Waals surface area contributed by atoms with Crippen LogP contribution in [0.25, 0.3) is 0 Å². The molecule has 0 aliphatic heterocycles. The molecule has 0 unspecified atom stereocenters. The van der Waals surface area contributed by atoms with Crippen molar-refractivity contribution in [2.75, 3.05) is 0 Å². The Morgan fingerprint density at radius 1 is 0.441 bits per heavy atom. The fraction of sp³-hybridized carbons (Fsp3) is 1.00. The molecule has 4 saturated carbocycles.